The van der Waals surface area contributed by atoms with Crippen molar-refractivity contribution in [1.82, 2.24) is 19.5 Å². The number of nitrogen functional groups attached to an aromatic ring is 2. The maximum atomic E-state index is 13.5. The number of nitrogens with two attached hydrogens (primary N) is 3. The van der Waals surface area contributed by atoms with E-state index in [0.29, 0.717) is 12.2 Å². The lowest BCUT2D eigenvalue weighted by Crippen LogP contribution is -2.31. The van der Waals surface area contributed by atoms with Crippen molar-refractivity contribution >= 4 is 57.6 Å². The summed E-state index contributed by atoms with van der Waals surface area (Å²) in [5, 5.41) is 13.4. The predicted molar refractivity (Wildman–Crippen MR) is 129 cm³/mol. The summed E-state index contributed by atoms with van der Waals surface area (Å²) < 4.78 is 1.46. The Hall–Kier alpha value is -3.62. The molecule has 0 radical (unpaired) electrons. The number of rotatable bonds is 8. The van der Waals surface area contributed by atoms with Crippen molar-refractivity contribution in [3.8, 4) is 6.07 Å². The van der Waals surface area contributed by atoms with Gasteiger partial charge in [0.1, 0.15) is 23.3 Å². The standard InChI is InChI=1S/C21H21Cl2N9O2/c22-11-5-6-12(23)16-14(11)20(34)32(7-1-2-13(25)33)19(29-16)15(9-3-4-9)28-18-10(8-24)17(26)30-21(27)31-18/h5-6,9,15H,1-4,7H2,(H2,25,33)(H5,26,27,28,30,31). The molecule has 34 heavy (non-hydrogen) atoms. The first-order valence-electron chi connectivity index (χ1n) is 10.5. The van der Waals surface area contributed by atoms with E-state index in [0.717, 1.165) is 12.8 Å². The van der Waals surface area contributed by atoms with Crippen LogP contribution in [-0.4, -0.2) is 25.4 Å². The van der Waals surface area contributed by atoms with Crippen molar-refractivity contribution in [3.63, 3.8) is 0 Å². The molecule has 11 nitrogen and oxygen atoms in total. The van der Waals surface area contributed by atoms with Gasteiger partial charge in [0.2, 0.25) is 11.9 Å². The Morgan fingerprint density at radius 2 is 1.94 bits per heavy atom. The molecule has 1 amide bonds. The average molecular weight is 502 g/mol. The summed E-state index contributed by atoms with van der Waals surface area (Å²) in [5.74, 6) is -0.0469. The number of carbonyl (C=O) groups is 1. The average Bonchev–Trinajstić information content (AvgIpc) is 3.60. The molecule has 0 spiro atoms. The van der Waals surface area contributed by atoms with Crippen LogP contribution in [0.25, 0.3) is 10.9 Å². The third kappa shape index (κ3) is 4.55. The molecule has 176 valence electrons. The lowest BCUT2D eigenvalue weighted by molar-refractivity contribution is -0.118. The van der Waals surface area contributed by atoms with Gasteiger partial charge in [-0.15, -0.1) is 0 Å². The number of hydrogen-bond donors (Lipinski definition) is 4. The second kappa shape index (κ2) is 9.32. The van der Waals surface area contributed by atoms with E-state index in [2.05, 4.69) is 15.3 Å². The fourth-order valence-corrected chi connectivity index (χ4v) is 4.25. The first-order valence-corrected chi connectivity index (χ1v) is 11.2. The number of nitriles is 1. The number of halogens is 2. The fraction of sp³-hybridized carbons (Fsp3) is 0.333. The van der Waals surface area contributed by atoms with E-state index in [1.54, 1.807) is 6.07 Å². The van der Waals surface area contributed by atoms with Gasteiger partial charge in [-0.25, -0.2) is 4.98 Å². The first-order chi connectivity index (χ1) is 16.2. The summed E-state index contributed by atoms with van der Waals surface area (Å²) in [6.07, 6.45) is 2.12. The molecular formula is C21H21Cl2N9O2. The van der Waals surface area contributed by atoms with Crippen LogP contribution in [0.4, 0.5) is 17.6 Å². The molecule has 1 fully saturated rings. The SMILES string of the molecule is N#Cc1c(N)nc(N)nc1NC(c1nc2c(Cl)ccc(Cl)c2c(=O)n1CCCC(N)=O)C1CC1. The molecular weight excluding hydrogens is 481 g/mol. The minimum absolute atomic E-state index is 0.0318. The molecule has 4 rings (SSSR count). The third-order valence-corrected chi connectivity index (χ3v) is 6.19. The largest absolute Gasteiger partial charge is 0.382 e. The number of aromatic nitrogens is 4. The Bertz CT molecular complexity index is 1400. The monoisotopic (exact) mass is 501 g/mol. The molecule has 0 saturated heterocycles. The normalized spacial score (nSPS) is 14.0. The van der Waals surface area contributed by atoms with Crippen LogP contribution in [0, 0.1) is 17.2 Å². The van der Waals surface area contributed by atoms with Crippen molar-refractivity contribution in [2.75, 3.05) is 16.8 Å². The molecule has 1 aliphatic carbocycles. The minimum Gasteiger partial charge on any atom is -0.382 e. The molecule has 1 aromatic carbocycles. The quantitative estimate of drug-likeness (QED) is 0.358. The third-order valence-electron chi connectivity index (χ3n) is 5.57. The number of fused-ring (bicyclic) bond motifs is 1. The second-order valence-electron chi connectivity index (χ2n) is 8.01. The molecule has 1 atom stereocenters. The number of amides is 1. The van der Waals surface area contributed by atoms with Crippen LogP contribution < -0.4 is 28.1 Å². The van der Waals surface area contributed by atoms with Crippen LogP contribution in [0.15, 0.2) is 16.9 Å². The van der Waals surface area contributed by atoms with E-state index in [4.69, 9.17) is 45.4 Å². The second-order valence-corrected chi connectivity index (χ2v) is 8.83. The number of hydrogen-bond acceptors (Lipinski definition) is 9. The number of primary amides is 1. The van der Waals surface area contributed by atoms with Gasteiger partial charge in [-0.3, -0.25) is 14.2 Å². The van der Waals surface area contributed by atoms with E-state index < -0.39 is 17.5 Å². The van der Waals surface area contributed by atoms with Gasteiger partial charge in [-0.1, -0.05) is 23.2 Å². The highest BCUT2D eigenvalue weighted by molar-refractivity contribution is 6.39. The summed E-state index contributed by atoms with van der Waals surface area (Å²) in [6, 6.07) is 4.55. The van der Waals surface area contributed by atoms with Crippen LogP contribution in [0.3, 0.4) is 0 Å². The summed E-state index contributed by atoms with van der Waals surface area (Å²) in [6.45, 7) is 0.174. The van der Waals surface area contributed by atoms with Gasteiger partial charge in [0.25, 0.3) is 5.56 Å². The highest BCUT2D eigenvalue weighted by atomic mass is 35.5. The van der Waals surface area contributed by atoms with E-state index in [-0.39, 0.29) is 63.0 Å². The van der Waals surface area contributed by atoms with Crippen molar-refractivity contribution in [2.45, 2.75) is 38.3 Å². The van der Waals surface area contributed by atoms with E-state index in [1.165, 1.54) is 10.6 Å². The van der Waals surface area contributed by atoms with Crippen molar-refractivity contribution in [2.24, 2.45) is 11.7 Å². The van der Waals surface area contributed by atoms with Crippen LogP contribution >= 0.6 is 23.2 Å². The number of anilines is 3. The van der Waals surface area contributed by atoms with Crippen molar-refractivity contribution in [3.05, 3.63) is 43.9 Å². The van der Waals surface area contributed by atoms with E-state index >= 15 is 0 Å². The molecule has 1 saturated carbocycles. The van der Waals surface area contributed by atoms with Crippen LogP contribution in [0.1, 0.15) is 43.1 Å². The summed E-state index contributed by atoms with van der Waals surface area (Å²) in [5.41, 5.74) is 16.8. The zero-order valence-corrected chi connectivity index (χ0v) is 19.4. The van der Waals surface area contributed by atoms with E-state index in [9.17, 15) is 14.9 Å². The summed E-state index contributed by atoms with van der Waals surface area (Å²) in [4.78, 5) is 37.5. The van der Waals surface area contributed by atoms with Crippen LogP contribution in [0.5, 0.6) is 0 Å². The van der Waals surface area contributed by atoms with Crippen molar-refractivity contribution in [1.29, 1.82) is 5.26 Å². The molecule has 0 aliphatic heterocycles. The maximum Gasteiger partial charge on any atom is 0.263 e. The molecule has 2 heterocycles. The van der Waals surface area contributed by atoms with Gasteiger partial charge in [-0.05, 0) is 37.3 Å². The zero-order chi connectivity index (χ0) is 24.6. The molecule has 1 aliphatic rings. The minimum atomic E-state index is -0.526. The van der Waals surface area contributed by atoms with Gasteiger partial charge < -0.3 is 22.5 Å². The predicted octanol–water partition coefficient (Wildman–Crippen LogP) is 2.36. The van der Waals surface area contributed by atoms with Crippen LogP contribution in [0.2, 0.25) is 10.0 Å². The van der Waals surface area contributed by atoms with Gasteiger partial charge >= 0.3 is 0 Å². The summed E-state index contributed by atoms with van der Waals surface area (Å²) >= 11 is 12.7. The number of nitrogens with one attached hydrogen (secondary N) is 1. The smallest absolute Gasteiger partial charge is 0.263 e. The molecule has 3 aromatic rings. The molecule has 2 aromatic heterocycles. The Balaban J connectivity index is 1.90. The topological polar surface area (TPSA) is 192 Å². The Kier molecular flexibility index (Phi) is 6.45. The maximum absolute atomic E-state index is 13.5. The zero-order valence-electron chi connectivity index (χ0n) is 17.9. The first kappa shape index (κ1) is 23.5. The van der Waals surface area contributed by atoms with E-state index in [1.807, 2.05) is 6.07 Å². The summed E-state index contributed by atoms with van der Waals surface area (Å²) in [7, 11) is 0. The van der Waals surface area contributed by atoms with Gasteiger partial charge in [0.15, 0.2) is 5.82 Å². The molecule has 7 N–H and O–H groups in total. The number of carbonyl (C=O) groups excluding carboxylic acids is 1. The van der Waals surface area contributed by atoms with Gasteiger partial charge in [-0.2, -0.15) is 15.2 Å². The molecule has 1 unspecified atom stereocenters. The van der Waals surface area contributed by atoms with Gasteiger partial charge in [0, 0.05) is 13.0 Å². The van der Waals surface area contributed by atoms with Crippen molar-refractivity contribution < 1.29 is 4.79 Å². The lowest BCUT2D eigenvalue weighted by Gasteiger charge is -2.24. The van der Waals surface area contributed by atoms with Gasteiger partial charge in [0.05, 0.1) is 27.0 Å². The Morgan fingerprint density at radius 3 is 2.59 bits per heavy atom. The lowest BCUT2D eigenvalue weighted by atomic mass is 10.1. The highest BCUT2D eigenvalue weighted by Crippen LogP contribution is 2.43. The Morgan fingerprint density at radius 1 is 1.24 bits per heavy atom. The Labute approximate surface area is 203 Å². The van der Waals surface area contributed by atoms with Crippen LogP contribution in [-0.2, 0) is 11.3 Å². The fourth-order valence-electron chi connectivity index (χ4n) is 3.81. The number of nitrogens with zero attached hydrogens (tertiary/aromatic N) is 5. The molecule has 13 heteroatoms. The number of benzene rings is 1. The molecule has 0 bridgehead atoms. The highest BCUT2D eigenvalue weighted by Gasteiger charge is 2.37.